The maximum Gasteiger partial charge on any atom is 0.416 e. The number of nitrogens with one attached hydrogen (secondary N) is 1. The molecule has 1 N–H and O–H groups in total. The number of hydrogen-bond acceptors (Lipinski definition) is 9. The predicted octanol–water partition coefficient (Wildman–Crippen LogP) is 19.0. The van der Waals surface area contributed by atoms with E-state index in [1.165, 1.54) is 50.5 Å². The number of hydrogen-bond donors (Lipinski definition) is 1. The summed E-state index contributed by atoms with van der Waals surface area (Å²) in [6.45, 7) is 3.57. The molecule has 4 fully saturated rings. The van der Waals surface area contributed by atoms with Gasteiger partial charge in [-0.1, -0.05) is 100 Å². The van der Waals surface area contributed by atoms with E-state index in [-0.39, 0.29) is 95.6 Å². The molecule has 0 unspecified atom stereocenters. The molecule has 6 aromatic rings. The Balaban J connectivity index is 0.000000213. The molecule has 504 valence electrons. The standard InChI is InChI=1S/C34H37BrF6N4O.C27H27BrF6N4.C7H11ClO/c1-2-28-17-29(18-30(14-22-8-4-3-5-9-22)45(28)31(46)15-23-10-6-7-11-23)44(32-42-19-27(35)20-43-32)21-24-12-25(33(36,37)38)16-26(13-24)34(39,40)41;1-2-22-12-24(13-23(37-22)10-17-6-4-3-5-7-17)38(25-35-14-21(28)15-36-25)16-18-8-19(26(29,30)31)11-20(9-18)27(32,33)34;8-7(9)5-6-3-1-2-4-6/h3-5,8-9,12-13,16,19-20,23,28-30H,2,6-7,10-11,14-15,17-18,21H2,1H3;3-9,11,14-15,22-24,37H,2,10,12-13,16H2,1H3;6H,1-5H2/t28-,29+,30+;22-,23+,24+;/m11./s1. The van der Waals surface area contributed by atoms with Gasteiger partial charge in [0.15, 0.2) is 0 Å². The van der Waals surface area contributed by atoms with Crippen molar-refractivity contribution >= 4 is 66.5 Å². The average molecular weight is 1460 g/mol. The number of carbonyl (C=O) groups is 2. The first-order chi connectivity index (χ1) is 44.0. The highest BCUT2D eigenvalue weighted by atomic mass is 79.9. The van der Waals surface area contributed by atoms with Crippen LogP contribution in [0.25, 0.3) is 0 Å². The minimum Gasteiger partial charge on any atom is -0.336 e. The summed E-state index contributed by atoms with van der Waals surface area (Å²) in [5, 5.41) is 3.48. The number of carbonyl (C=O) groups excluding carboxylic acids is 2. The molecule has 0 bridgehead atoms. The summed E-state index contributed by atoms with van der Waals surface area (Å²) in [5.41, 5.74) is -3.48. The van der Waals surface area contributed by atoms with Gasteiger partial charge in [-0.05, 0) is 191 Å². The summed E-state index contributed by atoms with van der Waals surface area (Å²) >= 11 is 11.8. The third-order valence-corrected chi connectivity index (χ3v) is 18.8. The smallest absolute Gasteiger partial charge is 0.336 e. The topological polar surface area (TPSA) is 107 Å². The van der Waals surface area contributed by atoms with Crippen LogP contribution in [0.2, 0.25) is 0 Å². The van der Waals surface area contributed by atoms with Gasteiger partial charge in [0.2, 0.25) is 23.0 Å². The number of rotatable bonds is 18. The summed E-state index contributed by atoms with van der Waals surface area (Å²) in [5.74, 6) is 1.52. The summed E-state index contributed by atoms with van der Waals surface area (Å²) in [6.07, 6.45) is 1.62. The largest absolute Gasteiger partial charge is 0.416 e. The van der Waals surface area contributed by atoms with Crippen LogP contribution in [0.3, 0.4) is 0 Å². The lowest BCUT2D eigenvalue weighted by atomic mass is 9.85. The Morgan fingerprint density at radius 2 is 0.882 bits per heavy atom. The molecule has 2 saturated heterocycles. The number of piperidine rings is 2. The lowest BCUT2D eigenvalue weighted by Gasteiger charge is -2.48. The lowest BCUT2D eigenvalue weighted by molar-refractivity contribution is -0.144. The van der Waals surface area contributed by atoms with Gasteiger partial charge in [-0.15, -0.1) is 0 Å². The Kier molecular flexibility index (Phi) is 25.7. The van der Waals surface area contributed by atoms with Gasteiger partial charge in [-0.3, -0.25) is 9.59 Å². The van der Waals surface area contributed by atoms with E-state index < -0.39 is 47.0 Å². The Hall–Kier alpha value is -5.85. The van der Waals surface area contributed by atoms with Crippen LogP contribution >= 0.6 is 43.5 Å². The van der Waals surface area contributed by atoms with Crippen molar-refractivity contribution in [3.8, 4) is 0 Å². The zero-order valence-corrected chi connectivity index (χ0v) is 55.4. The summed E-state index contributed by atoms with van der Waals surface area (Å²) in [4.78, 5) is 47.3. The molecule has 4 aliphatic rings. The molecule has 10 rings (SSSR count). The molecule has 10 nitrogen and oxygen atoms in total. The number of amides is 1. The van der Waals surface area contributed by atoms with Crippen molar-refractivity contribution in [2.75, 3.05) is 9.80 Å². The normalized spacial score (nSPS) is 20.7. The number of likely N-dealkylation sites (tertiary alicyclic amines) is 1. The maximum absolute atomic E-state index is 13.9. The lowest BCUT2D eigenvalue weighted by Crippen LogP contribution is -2.57. The van der Waals surface area contributed by atoms with E-state index in [1.54, 1.807) is 9.80 Å². The van der Waals surface area contributed by atoms with Gasteiger partial charge in [-0.25, -0.2) is 19.9 Å². The van der Waals surface area contributed by atoms with Crippen LogP contribution in [0.5, 0.6) is 0 Å². The van der Waals surface area contributed by atoms with Gasteiger partial charge >= 0.3 is 24.7 Å². The van der Waals surface area contributed by atoms with Gasteiger partial charge in [-0.2, -0.15) is 52.7 Å². The van der Waals surface area contributed by atoms with Gasteiger partial charge in [0.25, 0.3) is 0 Å². The first-order valence-electron chi connectivity index (χ1n) is 31.4. The number of halogens is 15. The van der Waals surface area contributed by atoms with Crippen LogP contribution in [0.1, 0.15) is 161 Å². The average Bonchev–Trinajstić information content (AvgIpc) is 1.28. The van der Waals surface area contributed by atoms with Crippen molar-refractivity contribution in [2.45, 2.75) is 203 Å². The number of alkyl halides is 12. The second-order valence-electron chi connectivity index (χ2n) is 24.7. The second-order valence-corrected chi connectivity index (χ2v) is 26.9. The highest BCUT2D eigenvalue weighted by molar-refractivity contribution is 9.10. The molecule has 0 radical (unpaired) electrons. The van der Waals surface area contributed by atoms with E-state index >= 15 is 0 Å². The zero-order valence-electron chi connectivity index (χ0n) is 51.4. The Morgan fingerprint density at radius 3 is 1.27 bits per heavy atom. The molecule has 2 aliphatic heterocycles. The van der Waals surface area contributed by atoms with E-state index in [4.69, 9.17) is 11.6 Å². The molecule has 25 heteroatoms. The Labute approximate surface area is 556 Å². The van der Waals surface area contributed by atoms with Gasteiger partial charge in [0.05, 0.1) is 31.2 Å². The summed E-state index contributed by atoms with van der Waals surface area (Å²) in [7, 11) is 0. The Bertz CT molecular complexity index is 3270. The van der Waals surface area contributed by atoms with Crippen LogP contribution in [-0.4, -0.2) is 72.2 Å². The predicted molar refractivity (Wildman–Crippen MR) is 341 cm³/mol. The first kappa shape index (κ1) is 73.0. The monoisotopic (exact) mass is 1460 g/mol. The molecule has 0 spiro atoms. The molecule has 4 heterocycles. The SMILES string of the molecule is CC[C@@H]1C[C@H](N(Cc2cc(C(F)(F)F)cc(C(F)(F)F)c2)c2ncc(Br)cn2)C[C@H](Cc2ccccc2)N1.CC[C@@H]1C[C@H](N(Cc2cc(C(F)(F)F)cc(C(F)(F)F)c2)c2ncc(Br)cn2)C[C@H](Cc2ccccc2)N1C(=O)CC1CCCC1.O=C(Cl)CC1CCCC1. The van der Waals surface area contributed by atoms with Crippen LogP contribution in [0.4, 0.5) is 64.6 Å². The Morgan fingerprint density at radius 1 is 0.505 bits per heavy atom. The fourth-order valence-corrected chi connectivity index (χ4v) is 14.0. The van der Waals surface area contributed by atoms with E-state index in [2.05, 4.69) is 57.1 Å². The molecular weight excluding hydrogens is 1380 g/mol. The first-order valence-corrected chi connectivity index (χ1v) is 33.4. The summed E-state index contributed by atoms with van der Waals surface area (Å²) < 4.78 is 165. The molecule has 6 atom stereocenters. The zero-order chi connectivity index (χ0) is 67.3. The van der Waals surface area contributed by atoms with E-state index in [0.29, 0.717) is 72.1 Å². The van der Waals surface area contributed by atoms with Gasteiger partial charge < -0.3 is 20.0 Å². The van der Waals surface area contributed by atoms with Crippen LogP contribution in [-0.2, 0) is 60.2 Å². The van der Waals surface area contributed by atoms with Crippen LogP contribution in [0, 0.1) is 11.8 Å². The molecule has 1 amide bonds. The second kappa shape index (κ2) is 32.7. The summed E-state index contributed by atoms with van der Waals surface area (Å²) in [6, 6.07) is 22.3. The molecular formula is C68H75Br2ClF12N8O2. The highest BCUT2D eigenvalue weighted by Crippen LogP contribution is 2.41. The quantitative estimate of drug-likeness (QED) is 0.0665. The maximum atomic E-state index is 13.9. The van der Waals surface area contributed by atoms with Crippen LogP contribution < -0.4 is 15.1 Å². The van der Waals surface area contributed by atoms with Crippen molar-refractivity contribution in [1.29, 1.82) is 0 Å². The molecule has 2 aromatic heterocycles. The third kappa shape index (κ3) is 21.6. The molecule has 4 aromatic carbocycles. The number of anilines is 2. The molecule has 2 aliphatic carbocycles. The van der Waals surface area contributed by atoms with Crippen LogP contribution in [0.15, 0.2) is 131 Å². The fraction of sp³-hybridized carbons (Fsp3) is 0.500. The number of benzene rings is 4. The fourth-order valence-electron chi connectivity index (χ4n) is 13.4. The van der Waals surface area contributed by atoms with E-state index in [0.717, 1.165) is 73.9 Å². The third-order valence-electron chi connectivity index (χ3n) is 17.8. The number of aromatic nitrogens is 4. The molecule has 93 heavy (non-hydrogen) atoms. The number of nitrogens with zero attached hydrogens (tertiary/aromatic N) is 7. The van der Waals surface area contributed by atoms with E-state index in [9.17, 15) is 62.3 Å². The van der Waals surface area contributed by atoms with E-state index in [1.807, 2.05) is 79.4 Å². The van der Waals surface area contributed by atoms with Gasteiger partial charge in [0, 0.05) is 87.0 Å². The van der Waals surface area contributed by atoms with Crippen molar-refractivity contribution in [3.63, 3.8) is 0 Å². The van der Waals surface area contributed by atoms with Crippen molar-refractivity contribution < 1.29 is 62.3 Å². The minimum atomic E-state index is -4.96. The molecule has 2 saturated carbocycles. The van der Waals surface area contributed by atoms with Crippen molar-refractivity contribution in [3.05, 3.63) is 175 Å². The minimum absolute atomic E-state index is 0.0614. The van der Waals surface area contributed by atoms with Gasteiger partial charge in [0.1, 0.15) is 0 Å². The van der Waals surface area contributed by atoms with Crippen molar-refractivity contribution in [1.82, 2.24) is 30.2 Å². The van der Waals surface area contributed by atoms with Crippen molar-refractivity contribution in [2.24, 2.45) is 11.8 Å². The highest BCUT2D eigenvalue weighted by Gasteiger charge is 2.43.